The highest BCUT2D eigenvalue weighted by Crippen LogP contribution is 2.43. The van der Waals surface area contributed by atoms with Crippen LogP contribution in [-0.2, 0) is 0 Å². The summed E-state index contributed by atoms with van der Waals surface area (Å²) >= 11 is 0. The first kappa shape index (κ1) is 42.7. The highest BCUT2D eigenvalue weighted by molar-refractivity contribution is 6.26. The Morgan fingerprint density at radius 3 is 1.15 bits per heavy atom. The van der Waals surface area contributed by atoms with E-state index in [4.69, 9.17) is 4.42 Å². The molecule has 0 aliphatic rings. The van der Waals surface area contributed by atoms with Crippen LogP contribution in [0.25, 0.3) is 126 Å². The average Bonchev–Trinajstić information content (AvgIpc) is 4.05. The molecule has 0 spiro atoms. The molecule has 0 bridgehead atoms. The Balaban J connectivity index is 0.765. The van der Waals surface area contributed by atoms with E-state index in [-0.39, 0.29) is 0 Å². The number of aromatic nitrogens is 1. The van der Waals surface area contributed by atoms with Crippen molar-refractivity contribution in [3.05, 3.63) is 279 Å². The van der Waals surface area contributed by atoms with Crippen molar-refractivity contribution < 1.29 is 4.42 Å². The summed E-state index contributed by atoms with van der Waals surface area (Å²) in [7, 11) is 0. The van der Waals surface area contributed by atoms with Crippen LogP contribution < -0.4 is 4.90 Å². The number of benzene rings is 13. The lowest BCUT2D eigenvalue weighted by Gasteiger charge is -2.27. The van der Waals surface area contributed by atoms with Crippen LogP contribution in [0.4, 0.5) is 17.1 Å². The SMILES string of the molecule is c1cc(-c2ccc(-c3ccc(N(c4ccc(-c5ccc(-c6ccc7c(c6)oc6ccccc67)cc5)cc4)c4ccc5c6ccccc6c6ccccc6c5c4)cc3)cc2)cc(-n2c3ccccc3c3ccccc32)c1. The Labute approximate surface area is 434 Å². The summed E-state index contributed by atoms with van der Waals surface area (Å²) in [6, 6.07) is 101. The Morgan fingerprint density at radius 2 is 0.600 bits per heavy atom. The fraction of sp³-hybridized carbons (Fsp3) is 0. The second-order valence-electron chi connectivity index (χ2n) is 19.6. The third-order valence-electron chi connectivity index (χ3n) is 15.4. The molecule has 15 aromatic rings. The maximum Gasteiger partial charge on any atom is 0.136 e. The van der Waals surface area contributed by atoms with E-state index in [0.29, 0.717) is 0 Å². The smallest absolute Gasteiger partial charge is 0.136 e. The molecule has 0 aliphatic heterocycles. The van der Waals surface area contributed by atoms with Crippen molar-refractivity contribution in [2.24, 2.45) is 0 Å². The predicted octanol–water partition coefficient (Wildman–Crippen LogP) is 20.3. The van der Waals surface area contributed by atoms with Gasteiger partial charge in [-0.1, -0.05) is 200 Å². The lowest BCUT2D eigenvalue weighted by molar-refractivity contribution is 0.669. The molecule has 15 rings (SSSR count). The summed E-state index contributed by atoms with van der Waals surface area (Å²) in [5.74, 6) is 0. The molecule has 0 saturated heterocycles. The van der Waals surface area contributed by atoms with Crippen LogP contribution >= 0.6 is 0 Å². The second kappa shape index (κ2) is 17.4. The summed E-state index contributed by atoms with van der Waals surface area (Å²) in [5.41, 5.74) is 18.0. The third-order valence-corrected chi connectivity index (χ3v) is 15.4. The minimum absolute atomic E-state index is 0.907. The van der Waals surface area contributed by atoms with Crippen molar-refractivity contribution in [2.75, 3.05) is 4.90 Å². The Morgan fingerprint density at radius 1 is 0.227 bits per heavy atom. The molecule has 13 aromatic carbocycles. The molecule has 0 N–H and O–H groups in total. The summed E-state index contributed by atoms with van der Waals surface area (Å²) < 4.78 is 8.61. The first-order valence-corrected chi connectivity index (χ1v) is 25.7. The standard InChI is InChI=1S/C72H46N2O/c1-2-16-61-59(14-1)60-15-3-4-17-62(60)68-46-58(41-43-63(61)68)73(56-39-34-50(35-40-56)48-26-30-52(31-27-48)54-36-42-67-66-20-7-10-23-71(66)75-72(67)45-54)55-37-32-49(33-38-55)47-24-28-51(29-25-47)53-12-11-13-57(44-53)74-69-21-8-5-18-64(69)65-19-6-9-22-70(65)74/h1-46H. The van der Waals surface area contributed by atoms with E-state index in [1.807, 2.05) is 12.1 Å². The Bertz CT molecular complexity index is 4590. The molecule has 2 aromatic heterocycles. The summed E-state index contributed by atoms with van der Waals surface area (Å²) in [5, 5.41) is 12.4. The van der Waals surface area contributed by atoms with Crippen LogP contribution in [0.2, 0.25) is 0 Å². The molecule has 0 unspecified atom stereocenters. The van der Waals surface area contributed by atoms with Crippen molar-refractivity contribution >= 4 is 93.1 Å². The number of fused-ring (bicyclic) bond motifs is 12. The van der Waals surface area contributed by atoms with E-state index in [0.717, 1.165) is 72.5 Å². The molecule has 0 atom stereocenters. The van der Waals surface area contributed by atoms with Crippen molar-refractivity contribution in [1.82, 2.24) is 4.57 Å². The van der Waals surface area contributed by atoms with Gasteiger partial charge in [-0.25, -0.2) is 0 Å². The fourth-order valence-electron chi connectivity index (χ4n) is 11.7. The van der Waals surface area contributed by atoms with Gasteiger partial charge in [0.05, 0.1) is 11.0 Å². The number of anilines is 3. The number of para-hydroxylation sites is 3. The molecule has 0 amide bonds. The van der Waals surface area contributed by atoms with Gasteiger partial charge in [0.2, 0.25) is 0 Å². The summed E-state index contributed by atoms with van der Waals surface area (Å²) in [4.78, 5) is 2.39. The molecule has 0 aliphatic carbocycles. The van der Waals surface area contributed by atoms with Crippen LogP contribution in [-0.4, -0.2) is 4.57 Å². The number of nitrogens with zero attached hydrogens (tertiary/aromatic N) is 2. The van der Waals surface area contributed by atoms with E-state index in [9.17, 15) is 0 Å². The largest absolute Gasteiger partial charge is 0.456 e. The van der Waals surface area contributed by atoms with E-state index >= 15 is 0 Å². The monoisotopic (exact) mass is 954 g/mol. The van der Waals surface area contributed by atoms with Gasteiger partial charge in [-0.2, -0.15) is 0 Å². The van der Waals surface area contributed by atoms with Gasteiger partial charge in [-0.15, -0.1) is 0 Å². The Kier molecular flexibility index (Phi) is 9.89. The van der Waals surface area contributed by atoms with Crippen LogP contribution in [0.5, 0.6) is 0 Å². The van der Waals surface area contributed by atoms with Crippen LogP contribution in [0, 0.1) is 0 Å². The first-order valence-electron chi connectivity index (χ1n) is 25.7. The predicted molar refractivity (Wildman–Crippen MR) is 317 cm³/mol. The molecular formula is C72H46N2O. The third kappa shape index (κ3) is 7.20. The summed E-state index contributed by atoms with van der Waals surface area (Å²) in [6.07, 6.45) is 0. The van der Waals surface area contributed by atoms with Gasteiger partial charge in [0, 0.05) is 44.3 Å². The zero-order valence-electron chi connectivity index (χ0n) is 40.9. The van der Waals surface area contributed by atoms with E-state index in [1.165, 1.54) is 70.8 Å². The van der Waals surface area contributed by atoms with Crippen LogP contribution in [0.15, 0.2) is 283 Å². The molecular weight excluding hydrogens is 909 g/mol. The molecule has 75 heavy (non-hydrogen) atoms. The number of hydrogen-bond acceptors (Lipinski definition) is 2. The molecule has 3 heteroatoms. The number of hydrogen-bond donors (Lipinski definition) is 0. The maximum absolute atomic E-state index is 6.23. The second-order valence-corrected chi connectivity index (χ2v) is 19.6. The minimum atomic E-state index is 0.907. The summed E-state index contributed by atoms with van der Waals surface area (Å²) in [6.45, 7) is 0. The van der Waals surface area contributed by atoms with E-state index in [1.54, 1.807) is 0 Å². The fourth-order valence-corrected chi connectivity index (χ4v) is 11.7. The normalized spacial score (nSPS) is 11.7. The molecule has 0 radical (unpaired) electrons. The van der Waals surface area contributed by atoms with Gasteiger partial charge in [0.25, 0.3) is 0 Å². The lowest BCUT2D eigenvalue weighted by Crippen LogP contribution is -2.10. The van der Waals surface area contributed by atoms with Crippen LogP contribution in [0.3, 0.4) is 0 Å². The molecule has 3 nitrogen and oxygen atoms in total. The molecule has 2 heterocycles. The van der Waals surface area contributed by atoms with Crippen LogP contribution in [0.1, 0.15) is 0 Å². The van der Waals surface area contributed by atoms with E-state index in [2.05, 4.69) is 276 Å². The van der Waals surface area contributed by atoms with Gasteiger partial charge in [0.15, 0.2) is 0 Å². The van der Waals surface area contributed by atoms with E-state index < -0.39 is 0 Å². The highest BCUT2D eigenvalue weighted by atomic mass is 16.3. The molecule has 0 fully saturated rings. The maximum atomic E-state index is 6.23. The van der Waals surface area contributed by atoms with Gasteiger partial charge < -0.3 is 13.9 Å². The average molecular weight is 955 g/mol. The number of rotatable bonds is 8. The van der Waals surface area contributed by atoms with Gasteiger partial charge >= 0.3 is 0 Å². The molecule has 0 saturated carbocycles. The quantitative estimate of drug-likeness (QED) is 0.142. The number of furan rings is 1. The minimum Gasteiger partial charge on any atom is -0.456 e. The zero-order valence-corrected chi connectivity index (χ0v) is 40.9. The topological polar surface area (TPSA) is 21.3 Å². The van der Waals surface area contributed by atoms with Crippen molar-refractivity contribution in [3.63, 3.8) is 0 Å². The first-order chi connectivity index (χ1) is 37.2. The molecule has 350 valence electrons. The highest BCUT2D eigenvalue weighted by Gasteiger charge is 2.18. The van der Waals surface area contributed by atoms with Crippen molar-refractivity contribution in [1.29, 1.82) is 0 Å². The van der Waals surface area contributed by atoms with Crippen molar-refractivity contribution in [3.8, 4) is 50.2 Å². The van der Waals surface area contributed by atoms with Gasteiger partial charge in [-0.05, 0) is 156 Å². The lowest BCUT2D eigenvalue weighted by atomic mass is 9.94. The zero-order chi connectivity index (χ0) is 49.4. The van der Waals surface area contributed by atoms with Gasteiger partial charge in [-0.3, -0.25) is 0 Å². The Hall–Kier alpha value is -9.96. The van der Waals surface area contributed by atoms with Gasteiger partial charge in [0.1, 0.15) is 11.2 Å². The van der Waals surface area contributed by atoms with Crippen molar-refractivity contribution in [2.45, 2.75) is 0 Å².